The normalized spacial score (nSPS) is 12.3. The Hall–Kier alpha value is -2.76. The van der Waals surface area contributed by atoms with Gasteiger partial charge in [-0.1, -0.05) is 6.07 Å². The highest BCUT2D eigenvalue weighted by Crippen LogP contribution is 2.25. The number of carbonyl (C=O) groups excluding carboxylic acids is 1. The van der Waals surface area contributed by atoms with Crippen molar-refractivity contribution >= 4 is 22.5 Å². The number of anilines is 1. The van der Waals surface area contributed by atoms with Crippen LogP contribution in [0.1, 0.15) is 24.9 Å². The zero-order chi connectivity index (χ0) is 15.5. The van der Waals surface area contributed by atoms with Crippen LogP contribution in [0.3, 0.4) is 0 Å². The number of hydrogen-bond donors (Lipinski definition) is 1. The minimum atomic E-state index is -0.0583. The molecule has 0 saturated carbocycles. The number of aryl methyl sites for hydroxylation is 1. The Kier molecular flexibility index (Phi) is 3.82. The highest BCUT2D eigenvalue weighted by Gasteiger charge is 2.13. The van der Waals surface area contributed by atoms with Gasteiger partial charge >= 0.3 is 0 Å². The lowest BCUT2D eigenvalue weighted by atomic mass is 10.1. The van der Waals surface area contributed by atoms with Crippen LogP contribution in [-0.4, -0.2) is 25.7 Å². The summed E-state index contributed by atoms with van der Waals surface area (Å²) in [7, 11) is 0. The molecule has 0 saturated heterocycles. The maximum absolute atomic E-state index is 12.3. The number of amides is 1. The first-order chi connectivity index (χ1) is 10.6. The van der Waals surface area contributed by atoms with Gasteiger partial charge in [-0.2, -0.15) is 5.10 Å². The van der Waals surface area contributed by atoms with Gasteiger partial charge in [0.25, 0.3) is 0 Å². The highest BCUT2D eigenvalue weighted by molar-refractivity contribution is 6.01. The van der Waals surface area contributed by atoms with Gasteiger partial charge in [0.05, 0.1) is 17.2 Å². The van der Waals surface area contributed by atoms with Gasteiger partial charge in [0.15, 0.2) is 0 Å². The predicted molar refractivity (Wildman–Crippen MR) is 84.5 cm³/mol. The van der Waals surface area contributed by atoms with Gasteiger partial charge in [-0.25, -0.2) is 9.67 Å². The molecule has 2 heterocycles. The van der Waals surface area contributed by atoms with Gasteiger partial charge in [-0.3, -0.25) is 9.78 Å². The zero-order valence-electron chi connectivity index (χ0n) is 12.5. The molecule has 0 aliphatic rings. The Morgan fingerprint density at radius 1 is 1.36 bits per heavy atom. The molecule has 22 heavy (non-hydrogen) atoms. The van der Waals surface area contributed by atoms with Crippen molar-refractivity contribution in [2.75, 3.05) is 5.32 Å². The second-order valence-corrected chi connectivity index (χ2v) is 5.31. The molecule has 0 fully saturated rings. The number of benzene rings is 1. The first-order valence-corrected chi connectivity index (χ1v) is 7.13. The van der Waals surface area contributed by atoms with Crippen molar-refractivity contribution in [3.05, 3.63) is 48.7 Å². The molecular weight excluding hydrogens is 278 g/mol. The van der Waals surface area contributed by atoms with E-state index in [1.165, 1.54) is 6.33 Å². The fourth-order valence-electron chi connectivity index (χ4n) is 2.43. The van der Waals surface area contributed by atoms with Crippen molar-refractivity contribution in [3.8, 4) is 0 Å². The molecule has 0 aliphatic heterocycles. The zero-order valence-corrected chi connectivity index (χ0v) is 12.5. The third kappa shape index (κ3) is 2.81. The molecule has 2 aromatic heterocycles. The molecule has 1 N–H and O–H groups in total. The molecule has 0 radical (unpaired) electrons. The molecule has 0 unspecified atom stereocenters. The number of nitrogens with one attached hydrogen (secondary N) is 1. The van der Waals surface area contributed by atoms with E-state index in [0.717, 1.165) is 22.2 Å². The van der Waals surface area contributed by atoms with Crippen molar-refractivity contribution in [3.63, 3.8) is 0 Å². The first-order valence-electron chi connectivity index (χ1n) is 7.13. The summed E-state index contributed by atoms with van der Waals surface area (Å²) in [4.78, 5) is 20.5. The molecular formula is C16H17N5O. The number of hydrogen-bond acceptors (Lipinski definition) is 4. The first kappa shape index (κ1) is 14.2. The molecule has 0 aliphatic carbocycles. The summed E-state index contributed by atoms with van der Waals surface area (Å²) in [6.45, 7) is 3.94. The molecule has 3 rings (SSSR count). The van der Waals surface area contributed by atoms with Crippen molar-refractivity contribution in [1.29, 1.82) is 0 Å². The van der Waals surface area contributed by atoms with E-state index < -0.39 is 0 Å². The minimum absolute atomic E-state index is 0.0441. The molecule has 6 nitrogen and oxygen atoms in total. The molecule has 3 aromatic rings. The molecule has 0 bridgehead atoms. The van der Waals surface area contributed by atoms with Gasteiger partial charge in [-0.05, 0) is 37.6 Å². The van der Waals surface area contributed by atoms with Crippen LogP contribution >= 0.6 is 0 Å². The lowest BCUT2D eigenvalue weighted by Gasteiger charge is -2.13. The van der Waals surface area contributed by atoms with E-state index in [9.17, 15) is 4.79 Å². The van der Waals surface area contributed by atoms with Crippen molar-refractivity contribution in [1.82, 2.24) is 19.7 Å². The monoisotopic (exact) mass is 295 g/mol. The van der Waals surface area contributed by atoms with Gasteiger partial charge in [0.2, 0.25) is 5.91 Å². The van der Waals surface area contributed by atoms with Gasteiger partial charge in [0, 0.05) is 18.0 Å². The van der Waals surface area contributed by atoms with E-state index in [1.807, 2.05) is 38.1 Å². The van der Waals surface area contributed by atoms with E-state index in [0.29, 0.717) is 6.42 Å². The number of carbonyl (C=O) groups is 1. The summed E-state index contributed by atoms with van der Waals surface area (Å²) in [6, 6.07) is 7.67. The summed E-state index contributed by atoms with van der Waals surface area (Å²) in [5, 5.41) is 7.97. The lowest BCUT2D eigenvalue weighted by Crippen LogP contribution is -2.18. The van der Waals surface area contributed by atoms with Crippen molar-refractivity contribution < 1.29 is 4.79 Å². The molecule has 1 amide bonds. The molecule has 1 atom stereocenters. The fourth-order valence-corrected chi connectivity index (χ4v) is 2.43. The maximum atomic E-state index is 12.3. The topological polar surface area (TPSA) is 72.7 Å². The number of nitrogens with zero attached hydrogens (tertiary/aromatic N) is 4. The number of rotatable bonds is 4. The van der Waals surface area contributed by atoms with Crippen LogP contribution in [0.2, 0.25) is 0 Å². The van der Waals surface area contributed by atoms with Gasteiger partial charge in [0.1, 0.15) is 12.7 Å². The molecule has 6 heteroatoms. The average molecular weight is 295 g/mol. The van der Waals surface area contributed by atoms with Crippen LogP contribution in [0.5, 0.6) is 0 Å². The Labute approximate surface area is 128 Å². The quantitative estimate of drug-likeness (QED) is 0.803. The van der Waals surface area contributed by atoms with E-state index in [-0.39, 0.29) is 11.9 Å². The number of fused-ring (bicyclic) bond motifs is 1. The standard InChI is InChI=1S/C16H17N5O/c1-11-5-6-14(13-4-3-7-18-16(11)13)20-15(22)8-12(2)21-10-17-9-19-21/h3-7,9-10,12H,8H2,1-2H3,(H,20,22)/t12-/m1/s1. The smallest absolute Gasteiger partial charge is 0.226 e. The SMILES string of the molecule is Cc1ccc(NC(=O)C[C@@H](C)n2cncn2)c2cccnc12. The average Bonchev–Trinajstić information content (AvgIpc) is 3.05. The van der Waals surface area contributed by atoms with E-state index >= 15 is 0 Å². The van der Waals surface area contributed by atoms with Crippen LogP contribution < -0.4 is 5.32 Å². The third-order valence-corrected chi connectivity index (χ3v) is 3.61. The summed E-state index contributed by atoms with van der Waals surface area (Å²) >= 11 is 0. The van der Waals surface area contributed by atoms with Crippen LogP contribution in [0.15, 0.2) is 43.1 Å². The van der Waals surface area contributed by atoms with Crippen LogP contribution in [0.4, 0.5) is 5.69 Å². The second kappa shape index (κ2) is 5.93. The molecule has 112 valence electrons. The Morgan fingerprint density at radius 3 is 3.00 bits per heavy atom. The van der Waals surface area contributed by atoms with Crippen LogP contribution in [-0.2, 0) is 4.79 Å². The predicted octanol–water partition coefficient (Wildman–Crippen LogP) is 2.72. The summed E-state index contributed by atoms with van der Waals surface area (Å²) in [5.74, 6) is -0.0583. The largest absolute Gasteiger partial charge is 0.325 e. The van der Waals surface area contributed by atoms with E-state index in [1.54, 1.807) is 17.2 Å². The van der Waals surface area contributed by atoms with Gasteiger partial charge in [-0.15, -0.1) is 0 Å². The summed E-state index contributed by atoms with van der Waals surface area (Å²) in [6.07, 6.45) is 5.17. The van der Waals surface area contributed by atoms with Crippen molar-refractivity contribution in [2.45, 2.75) is 26.3 Å². The molecule has 1 aromatic carbocycles. The Bertz CT molecular complexity index is 797. The number of aromatic nitrogens is 4. The lowest BCUT2D eigenvalue weighted by molar-refractivity contribution is -0.116. The Balaban J connectivity index is 1.78. The molecule has 0 spiro atoms. The summed E-state index contributed by atoms with van der Waals surface area (Å²) < 4.78 is 1.67. The van der Waals surface area contributed by atoms with Gasteiger partial charge < -0.3 is 5.32 Å². The van der Waals surface area contributed by atoms with Crippen LogP contribution in [0, 0.1) is 6.92 Å². The summed E-state index contributed by atoms with van der Waals surface area (Å²) in [5.41, 5.74) is 2.78. The number of pyridine rings is 1. The second-order valence-electron chi connectivity index (χ2n) is 5.31. The highest BCUT2D eigenvalue weighted by atomic mass is 16.1. The van der Waals surface area contributed by atoms with E-state index in [4.69, 9.17) is 0 Å². The maximum Gasteiger partial charge on any atom is 0.226 e. The third-order valence-electron chi connectivity index (χ3n) is 3.61. The minimum Gasteiger partial charge on any atom is -0.325 e. The van der Waals surface area contributed by atoms with Crippen molar-refractivity contribution in [2.24, 2.45) is 0 Å². The Morgan fingerprint density at radius 2 is 2.23 bits per heavy atom. The van der Waals surface area contributed by atoms with E-state index in [2.05, 4.69) is 20.4 Å². The van der Waals surface area contributed by atoms with Crippen LogP contribution in [0.25, 0.3) is 10.9 Å². The fraction of sp³-hybridized carbons (Fsp3) is 0.250.